The van der Waals surface area contributed by atoms with Crippen LogP contribution in [0.5, 0.6) is 0 Å². The maximum Gasteiger partial charge on any atom is 0.228 e. The van der Waals surface area contributed by atoms with E-state index in [0.717, 1.165) is 18.7 Å². The summed E-state index contributed by atoms with van der Waals surface area (Å²) in [6.07, 6.45) is 5.16. The third-order valence-corrected chi connectivity index (χ3v) is 3.10. The molecule has 0 aliphatic heterocycles. The Morgan fingerprint density at radius 3 is 2.87 bits per heavy atom. The summed E-state index contributed by atoms with van der Waals surface area (Å²) in [6.45, 7) is 4.30. The van der Waals surface area contributed by atoms with Gasteiger partial charge in [0.05, 0.1) is 0 Å². The fraction of sp³-hybridized carbons (Fsp3) is 0.818. The number of hydrogen-bond acceptors (Lipinski definition) is 4. The highest BCUT2D eigenvalue weighted by molar-refractivity contribution is 5.14. The molecule has 0 aromatic carbocycles. The standard InChI is InChI=1S/C11H19N3O/c1-3-4-8(12)7-9-13-10(14-15-9)11(2)5-6-11/h8H,3-7,12H2,1-2H3. The summed E-state index contributed by atoms with van der Waals surface area (Å²) in [6, 6.07) is 0.148. The smallest absolute Gasteiger partial charge is 0.228 e. The van der Waals surface area contributed by atoms with Gasteiger partial charge in [0.15, 0.2) is 5.82 Å². The Balaban J connectivity index is 1.95. The van der Waals surface area contributed by atoms with Crippen molar-refractivity contribution in [3.8, 4) is 0 Å². The van der Waals surface area contributed by atoms with Crippen molar-refractivity contribution in [2.75, 3.05) is 0 Å². The Hall–Kier alpha value is -0.900. The van der Waals surface area contributed by atoms with E-state index in [-0.39, 0.29) is 11.5 Å². The summed E-state index contributed by atoms with van der Waals surface area (Å²) in [7, 11) is 0. The van der Waals surface area contributed by atoms with Crippen molar-refractivity contribution >= 4 is 0 Å². The molecule has 1 aliphatic carbocycles. The second-order valence-corrected chi connectivity index (χ2v) is 4.83. The molecule has 1 aromatic heterocycles. The molecular weight excluding hydrogens is 190 g/mol. The van der Waals surface area contributed by atoms with Crippen LogP contribution in [0.1, 0.15) is 51.2 Å². The minimum atomic E-state index is 0.148. The van der Waals surface area contributed by atoms with Gasteiger partial charge in [-0.15, -0.1) is 0 Å². The predicted molar refractivity (Wildman–Crippen MR) is 57.5 cm³/mol. The van der Waals surface area contributed by atoms with Crippen LogP contribution >= 0.6 is 0 Å². The van der Waals surface area contributed by atoms with Crippen LogP contribution in [0.2, 0.25) is 0 Å². The third-order valence-electron chi connectivity index (χ3n) is 3.10. The molecule has 0 amide bonds. The van der Waals surface area contributed by atoms with Gasteiger partial charge in [-0.3, -0.25) is 0 Å². The van der Waals surface area contributed by atoms with Crippen LogP contribution in [-0.4, -0.2) is 16.2 Å². The molecule has 0 spiro atoms. The second-order valence-electron chi connectivity index (χ2n) is 4.83. The van der Waals surface area contributed by atoms with Crippen LogP contribution in [0, 0.1) is 0 Å². The fourth-order valence-electron chi connectivity index (χ4n) is 1.69. The molecule has 1 aromatic rings. The van der Waals surface area contributed by atoms with Crippen LogP contribution in [0.3, 0.4) is 0 Å². The van der Waals surface area contributed by atoms with Crippen molar-refractivity contribution < 1.29 is 4.52 Å². The number of nitrogens with two attached hydrogens (primary N) is 1. The molecule has 84 valence electrons. The lowest BCUT2D eigenvalue weighted by Gasteiger charge is -2.05. The van der Waals surface area contributed by atoms with E-state index in [1.54, 1.807) is 0 Å². The topological polar surface area (TPSA) is 64.9 Å². The maximum atomic E-state index is 5.92. The Kier molecular flexibility index (Phi) is 2.78. The molecule has 0 saturated heterocycles. The van der Waals surface area contributed by atoms with Gasteiger partial charge in [0, 0.05) is 17.9 Å². The minimum Gasteiger partial charge on any atom is -0.339 e. The van der Waals surface area contributed by atoms with Crippen LogP contribution < -0.4 is 5.73 Å². The van der Waals surface area contributed by atoms with E-state index >= 15 is 0 Å². The van der Waals surface area contributed by atoms with E-state index in [2.05, 4.69) is 24.0 Å². The predicted octanol–water partition coefficient (Wildman–Crippen LogP) is 1.79. The first kappa shape index (κ1) is 10.6. The molecule has 2 N–H and O–H groups in total. The lowest BCUT2D eigenvalue weighted by atomic mass is 10.1. The summed E-state index contributed by atoms with van der Waals surface area (Å²) in [5.41, 5.74) is 6.11. The van der Waals surface area contributed by atoms with Gasteiger partial charge in [-0.1, -0.05) is 25.4 Å². The molecule has 2 rings (SSSR count). The van der Waals surface area contributed by atoms with Gasteiger partial charge in [0.25, 0.3) is 0 Å². The molecular formula is C11H19N3O. The van der Waals surface area contributed by atoms with Gasteiger partial charge in [-0.05, 0) is 19.3 Å². The molecule has 4 heteroatoms. The Bertz CT molecular complexity index is 330. The highest BCUT2D eigenvalue weighted by Gasteiger charge is 2.43. The summed E-state index contributed by atoms with van der Waals surface area (Å²) in [5.74, 6) is 1.56. The number of nitrogens with zero attached hydrogens (tertiary/aromatic N) is 2. The second kappa shape index (κ2) is 3.93. The van der Waals surface area contributed by atoms with Crippen LogP contribution in [0.15, 0.2) is 4.52 Å². The summed E-state index contributed by atoms with van der Waals surface area (Å²) >= 11 is 0. The Morgan fingerprint density at radius 2 is 2.27 bits per heavy atom. The fourth-order valence-corrected chi connectivity index (χ4v) is 1.69. The molecule has 0 bridgehead atoms. The van der Waals surface area contributed by atoms with Gasteiger partial charge < -0.3 is 10.3 Å². The molecule has 1 aliphatic rings. The number of hydrogen-bond donors (Lipinski definition) is 1. The molecule has 1 saturated carbocycles. The number of rotatable bonds is 5. The summed E-state index contributed by atoms with van der Waals surface area (Å²) in [4.78, 5) is 4.41. The highest BCUT2D eigenvalue weighted by Crippen LogP contribution is 2.45. The van der Waals surface area contributed by atoms with Crippen molar-refractivity contribution in [3.63, 3.8) is 0 Å². The molecule has 0 radical (unpaired) electrons. The van der Waals surface area contributed by atoms with E-state index < -0.39 is 0 Å². The van der Waals surface area contributed by atoms with Crippen molar-refractivity contribution in [2.24, 2.45) is 5.73 Å². The third kappa shape index (κ3) is 2.37. The zero-order valence-electron chi connectivity index (χ0n) is 9.49. The zero-order valence-corrected chi connectivity index (χ0v) is 9.49. The van der Waals surface area contributed by atoms with Gasteiger partial charge >= 0.3 is 0 Å². The molecule has 15 heavy (non-hydrogen) atoms. The SMILES string of the molecule is CCCC(N)Cc1nc(C2(C)CC2)no1. The van der Waals surface area contributed by atoms with E-state index in [1.807, 2.05) is 0 Å². The van der Waals surface area contributed by atoms with Crippen molar-refractivity contribution in [1.29, 1.82) is 0 Å². The van der Waals surface area contributed by atoms with Crippen molar-refractivity contribution in [3.05, 3.63) is 11.7 Å². The Labute approximate surface area is 90.2 Å². The normalized spacial score (nSPS) is 20.2. The minimum absolute atomic E-state index is 0.148. The average molecular weight is 209 g/mol. The molecule has 4 nitrogen and oxygen atoms in total. The van der Waals surface area contributed by atoms with E-state index in [0.29, 0.717) is 12.3 Å². The monoisotopic (exact) mass is 209 g/mol. The first-order valence-electron chi connectivity index (χ1n) is 5.73. The molecule has 1 heterocycles. The number of aromatic nitrogens is 2. The van der Waals surface area contributed by atoms with Crippen molar-refractivity contribution in [1.82, 2.24) is 10.1 Å². The van der Waals surface area contributed by atoms with Gasteiger partial charge in [-0.2, -0.15) is 4.98 Å². The van der Waals surface area contributed by atoms with Gasteiger partial charge in [0.1, 0.15) is 0 Å². The van der Waals surface area contributed by atoms with Crippen LogP contribution in [0.25, 0.3) is 0 Å². The zero-order chi connectivity index (χ0) is 10.9. The molecule has 1 fully saturated rings. The first-order valence-corrected chi connectivity index (χ1v) is 5.73. The lowest BCUT2D eigenvalue weighted by molar-refractivity contribution is 0.358. The first-order chi connectivity index (χ1) is 7.14. The van der Waals surface area contributed by atoms with Crippen LogP contribution in [-0.2, 0) is 11.8 Å². The largest absolute Gasteiger partial charge is 0.339 e. The molecule has 1 atom stereocenters. The summed E-state index contributed by atoms with van der Waals surface area (Å²) in [5, 5.41) is 4.02. The Morgan fingerprint density at radius 1 is 1.53 bits per heavy atom. The van der Waals surface area contributed by atoms with Gasteiger partial charge in [-0.25, -0.2) is 0 Å². The maximum absolute atomic E-state index is 5.92. The van der Waals surface area contributed by atoms with E-state index in [1.165, 1.54) is 12.8 Å². The quantitative estimate of drug-likeness (QED) is 0.803. The van der Waals surface area contributed by atoms with Crippen LogP contribution in [0.4, 0.5) is 0 Å². The van der Waals surface area contributed by atoms with E-state index in [9.17, 15) is 0 Å². The lowest BCUT2D eigenvalue weighted by Crippen LogP contribution is -2.22. The highest BCUT2D eigenvalue weighted by atomic mass is 16.5. The molecule has 1 unspecified atom stereocenters. The van der Waals surface area contributed by atoms with Gasteiger partial charge in [0.2, 0.25) is 5.89 Å². The average Bonchev–Trinajstić information content (AvgIpc) is 2.77. The summed E-state index contributed by atoms with van der Waals surface area (Å²) < 4.78 is 5.21. The van der Waals surface area contributed by atoms with E-state index in [4.69, 9.17) is 10.3 Å². The van der Waals surface area contributed by atoms with Crippen molar-refractivity contribution in [2.45, 2.75) is 57.4 Å².